The van der Waals surface area contributed by atoms with E-state index in [1.807, 2.05) is 0 Å². The van der Waals surface area contributed by atoms with Crippen molar-refractivity contribution in [3.05, 3.63) is 86.8 Å². The van der Waals surface area contributed by atoms with Crippen LogP contribution in [0.2, 0.25) is 5.02 Å². The number of aromatic nitrogens is 2. The van der Waals surface area contributed by atoms with E-state index >= 15 is 0 Å². The number of nitrogens with one attached hydrogen (secondary N) is 1. The fraction of sp³-hybridized carbons (Fsp3) is 0.105. The fourth-order valence-electron chi connectivity index (χ4n) is 2.49. The Hall–Kier alpha value is -2.96. The van der Waals surface area contributed by atoms with E-state index in [4.69, 9.17) is 11.6 Å². The number of hydrogen-bond acceptors (Lipinski definition) is 4. The number of halogens is 1. The Morgan fingerprint density at radius 1 is 1.19 bits per heavy atom. The Labute approximate surface area is 154 Å². The van der Waals surface area contributed by atoms with Crippen molar-refractivity contribution in [2.75, 3.05) is 5.32 Å². The number of carbonyl (C=O) groups excluding carboxylic acids is 1. The maximum atomic E-state index is 12.5. The van der Waals surface area contributed by atoms with Crippen molar-refractivity contribution in [1.82, 2.24) is 9.78 Å². The van der Waals surface area contributed by atoms with E-state index in [-0.39, 0.29) is 12.3 Å². The SMILES string of the molecule is Cc1cc(=O)c(C(=O)Nc2cccc(CO)c2)nn1-c1ccc(Cl)cc1. The first kappa shape index (κ1) is 17.8. The summed E-state index contributed by atoms with van der Waals surface area (Å²) in [6.45, 7) is 1.59. The number of hydrogen-bond donors (Lipinski definition) is 2. The molecule has 0 bridgehead atoms. The average molecular weight is 370 g/mol. The summed E-state index contributed by atoms with van der Waals surface area (Å²) >= 11 is 5.90. The van der Waals surface area contributed by atoms with Gasteiger partial charge in [0.25, 0.3) is 5.91 Å². The van der Waals surface area contributed by atoms with Crippen LogP contribution in [-0.2, 0) is 6.61 Å². The molecule has 3 aromatic rings. The normalized spacial score (nSPS) is 10.6. The molecule has 0 saturated heterocycles. The van der Waals surface area contributed by atoms with Gasteiger partial charge in [0.1, 0.15) is 0 Å². The first-order chi connectivity index (χ1) is 12.5. The third-order valence-corrected chi connectivity index (χ3v) is 4.01. The lowest BCUT2D eigenvalue weighted by Gasteiger charge is -2.11. The van der Waals surface area contributed by atoms with Gasteiger partial charge in [0, 0.05) is 22.5 Å². The van der Waals surface area contributed by atoms with Crippen molar-refractivity contribution in [3.8, 4) is 5.69 Å². The molecule has 1 heterocycles. The van der Waals surface area contributed by atoms with Gasteiger partial charge >= 0.3 is 0 Å². The molecule has 3 rings (SSSR count). The molecule has 0 saturated carbocycles. The second kappa shape index (κ2) is 7.51. The number of aryl methyl sites for hydroxylation is 1. The number of aliphatic hydroxyl groups excluding tert-OH is 1. The Balaban J connectivity index is 1.96. The molecule has 2 N–H and O–H groups in total. The van der Waals surface area contributed by atoms with Gasteiger partial charge in [0.05, 0.1) is 12.3 Å². The first-order valence-electron chi connectivity index (χ1n) is 7.86. The summed E-state index contributed by atoms with van der Waals surface area (Å²) < 4.78 is 1.51. The minimum atomic E-state index is -0.618. The number of aliphatic hydroxyl groups is 1. The highest BCUT2D eigenvalue weighted by Crippen LogP contribution is 2.15. The Kier molecular flexibility index (Phi) is 5.16. The highest BCUT2D eigenvalue weighted by Gasteiger charge is 2.15. The third kappa shape index (κ3) is 3.82. The predicted molar refractivity (Wildman–Crippen MR) is 99.9 cm³/mol. The van der Waals surface area contributed by atoms with Crippen LogP contribution in [0.3, 0.4) is 0 Å². The van der Waals surface area contributed by atoms with E-state index in [0.717, 1.165) is 0 Å². The monoisotopic (exact) mass is 369 g/mol. The van der Waals surface area contributed by atoms with E-state index in [1.165, 1.54) is 10.7 Å². The number of benzene rings is 2. The molecule has 0 atom stereocenters. The smallest absolute Gasteiger partial charge is 0.280 e. The van der Waals surface area contributed by atoms with Gasteiger partial charge in [-0.1, -0.05) is 23.7 Å². The lowest BCUT2D eigenvalue weighted by Crippen LogP contribution is -2.26. The van der Waals surface area contributed by atoms with Crippen LogP contribution < -0.4 is 10.7 Å². The highest BCUT2D eigenvalue weighted by atomic mass is 35.5. The molecule has 2 aromatic carbocycles. The molecule has 1 amide bonds. The van der Waals surface area contributed by atoms with Gasteiger partial charge in [-0.25, -0.2) is 4.68 Å². The molecule has 26 heavy (non-hydrogen) atoms. The zero-order chi connectivity index (χ0) is 18.7. The third-order valence-electron chi connectivity index (χ3n) is 3.76. The van der Waals surface area contributed by atoms with Gasteiger partial charge in [0.2, 0.25) is 5.43 Å². The van der Waals surface area contributed by atoms with Crippen molar-refractivity contribution < 1.29 is 9.90 Å². The number of carbonyl (C=O) groups is 1. The van der Waals surface area contributed by atoms with Crippen molar-refractivity contribution in [2.24, 2.45) is 0 Å². The maximum Gasteiger partial charge on any atom is 0.280 e. The summed E-state index contributed by atoms with van der Waals surface area (Å²) in [5.41, 5.74) is 1.71. The maximum absolute atomic E-state index is 12.5. The quantitative estimate of drug-likeness (QED) is 0.740. The van der Waals surface area contributed by atoms with Gasteiger partial charge in [-0.05, 0) is 48.9 Å². The minimum absolute atomic E-state index is 0.143. The molecule has 0 radical (unpaired) electrons. The molecule has 0 spiro atoms. The zero-order valence-corrected chi connectivity index (χ0v) is 14.7. The van der Waals surface area contributed by atoms with Gasteiger partial charge in [-0.2, -0.15) is 5.10 Å². The van der Waals surface area contributed by atoms with Crippen LogP contribution in [0.1, 0.15) is 21.7 Å². The summed E-state index contributed by atoms with van der Waals surface area (Å²) in [7, 11) is 0. The predicted octanol–water partition coefficient (Wildman–Crippen LogP) is 2.94. The Morgan fingerprint density at radius 3 is 2.62 bits per heavy atom. The molecule has 7 heteroatoms. The molecule has 0 aliphatic carbocycles. The highest BCUT2D eigenvalue weighted by molar-refractivity contribution is 6.30. The van der Waals surface area contributed by atoms with Crippen molar-refractivity contribution in [2.45, 2.75) is 13.5 Å². The fourth-order valence-corrected chi connectivity index (χ4v) is 2.61. The molecule has 0 unspecified atom stereocenters. The lowest BCUT2D eigenvalue weighted by molar-refractivity contribution is 0.101. The largest absolute Gasteiger partial charge is 0.392 e. The van der Waals surface area contributed by atoms with Crippen LogP contribution in [0.15, 0.2) is 59.4 Å². The summed E-state index contributed by atoms with van der Waals surface area (Å²) in [6, 6.07) is 15.0. The Morgan fingerprint density at radius 2 is 1.92 bits per heavy atom. The van der Waals surface area contributed by atoms with E-state index in [9.17, 15) is 14.7 Å². The summed E-state index contributed by atoms with van der Waals surface area (Å²) in [5.74, 6) is -0.618. The minimum Gasteiger partial charge on any atom is -0.392 e. The summed E-state index contributed by atoms with van der Waals surface area (Å²) in [5, 5.41) is 16.6. The topological polar surface area (TPSA) is 84.2 Å². The number of rotatable bonds is 4. The molecular weight excluding hydrogens is 354 g/mol. The summed E-state index contributed by atoms with van der Waals surface area (Å²) in [4.78, 5) is 24.7. The van der Waals surface area contributed by atoms with E-state index in [2.05, 4.69) is 10.4 Å². The lowest BCUT2D eigenvalue weighted by atomic mass is 10.2. The van der Waals surface area contributed by atoms with Crippen molar-refractivity contribution in [1.29, 1.82) is 0 Å². The second-order valence-electron chi connectivity index (χ2n) is 5.70. The molecule has 132 valence electrons. The van der Waals surface area contributed by atoms with Crippen LogP contribution >= 0.6 is 11.6 Å². The summed E-state index contributed by atoms with van der Waals surface area (Å²) in [6.07, 6.45) is 0. The van der Waals surface area contributed by atoms with Gasteiger partial charge in [-0.15, -0.1) is 0 Å². The van der Waals surface area contributed by atoms with E-state index in [1.54, 1.807) is 55.5 Å². The van der Waals surface area contributed by atoms with Gasteiger partial charge < -0.3 is 10.4 Å². The van der Waals surface area contributed by atoms with Crippen LogP contribution in [0, 0.1) is 6.92 Å². The van der Waals surface area contributed by atoms with Crippen LogP contribution in [0.5, 0.6) is 0 Å². The van der Waals surface area contributed by atoms with Crippen LogP contribution in [-0.4, -0.2) is 20.8 Å². The molecule has 6 nitrogen and oxygen atoms in total. The van der Waals surface area contributed by atoms with Gasteiger partial charge in [-0.3, -0.25) is 9.59 Å². The Bertz CT molecular complexity index is 1010. The zero-order valence-electron chi connectivity index (χ0n) is 13.9. The van der Waals surface area contributed by atoms with Crippen molar-refractivity contribution >= 4 is 23.2 Å². The van der Waals surface area contributed by atoms with Gasteiger partial charge in [0.15, 0.2) is 5.69 Å². The average Bonchev–Trinajstić information content (AvgIpc) is 2.63. The van der Waals surface area contributed by atoms with Crippen LogP contribution in [0.25, 0.3) is 5.69 Å². The number of nitrogens with zero attached hydrogens (tertiary/aromatic N) is 2. The molecule has 0 aliphatic rings. The molecule has 0 fully saturated rings. The van der Waals surface area contributed by atoms with Crippen molar-refractivity contribution in [3.63, 3.8) is 0 Å². The van der Waals surface area contributed by atoms with E-state index < -0.39 is 11.3 Å². The number of amides is 1. The molecular formula is C19H16ClN3O3. The van der Waals surface area contributed by atoms with Crippen LogP contribution in [0.4, 0.5) is 5.69 Å². The molecule has 1 aromatic heterocycles. The molecule has 0 aliphatic heterocycles. The standard InChI is InChI=1S/C19H16ClN3O3/c1-12-9-17(25)18(22-23(12)16-7-5-14(20)6-8-16)19(26)21-15-4-2-3-13(10-15)11-24/h2-10,24H,11H2,1H3,(H,21,26). The number of anilines is 1. The first-order valence-corrected chi connectivity index (χ1v) is 8.24. The van der Waals surface area contributed by atoms with E-state index in [0.29, 0.717) is 27.7 Å². The second-order valence-corrected chi connectivity index (χ2v) is 6.14.